The molecule has 0 atom stereocenters. The zero-order valence-electron chi connectivity index (χ0n) is 7.70. The highest BCUT2D eigenvalue weighted by atomic mass is 19.1. The van der Waals surface area contributed by atoms with E-state index in [1.54, 1.807) is 12.3 Å². The van der Waals surface area contributed by atoms with E-state index in [0.29, 0.717) is 10.9 Å². The number of nitrogens with one attached hydrogen (secondary N) is 1. The van der Waals surface area contributed by atoms with Crippen LogP contribution in [0.5, 0.6) is 0 Å². The monoisotopic (exact) mass is 205 g/mol. The minimum Gasteiger partial charge on any atom is -0.478 e. The normalized spacial score (nSPS) is 11.3. The summed E-state index contributed by atoms with van der Waals surface area (Å²) in [5, 5.41) is 9.14. The standard InChI is InChI=1S/C11H8FNO2/c12-8-2-3-10-9(5-8)7(6-13-10)1-4-11(14)15/h1-6,13H,(H,14,15). The number of halogens is 1. The van der Waals surface area contributed by atoms with Crippen molar-refractivity contribution < 1.29 is 14.3 Å². The molecule has 0 aliphatic heterocycles. The molecule has 2 N–H and O–H groups in total. The molecule has 4 heteroatoms. The summed E-state index contributed by atoms with van der Waals surface area (Å²) in [6, 6.07) is 4.33. The smallest absolute Gasteiger partial charge is 0.328 e. The number of carboxylic acid groups (broad SMARTS) is 1. The van der Waals surface area contributed by atoms with Crippen molar-refractivity contribution >= 4 is 22.9 Å². The second kappa shape index (κ2) is 3.57. The van der Waals surface area contributed by atoms with Gasteiger partial charge in [0.1, 0.15) is 5.82 Å². The van der Waals surface area contributed by atoms with Crippen molar-refractivity contribution in [3.8, 4) is 0 Å². The van der Waals surface area contributed by atoms with Gasteiger partial charge in [-0.05, 0) is 24.3 Å². The van der Waals surface area contributed by atoms with E-state index in [1.807, 2.05) is 0 Å². The molecule has 2 aromatic rings. The topological polar surface area (TPSA) is 53.1 Å². The Bertz CT molecular complexity index is 543. The average molecular weight is 205 g/mol. The average Bonchev–Trinajstić information content (AvgIpc) is 2.57. The van der Waals surface area contributed by atoms with E-state index in [0.717, 1.165) is 11.6 Å². The van der Waals surface area contributed by atoms with Crippen LogP contribution in [0.15, 0.2) is 30.5 Å². The van der Waals surface area contributed by atoms with Gasteiger partial charge in [-0.2, -0.15) is 0 Å². The van der Waals surface area contributed by atoms with Crippen LogP contribution in [0.4, 0.5) is 4.39 Å². The summed E-state index contributed by atoms with van der Waals surface area (Å²) in [6.07, 6.45) is 4.09. The maximum absolute atomic E-state index is 12.9. The van der Waals surface area contributed by atoms with Gasteiger partial charge in [-0.1, -0.05) is 0 Å². The fourth-order valence-corrected chi connectivity index (χ4v) is 1.41. The molecule has 76 valence electrons. The predicted octanol–water partition coefficient (Wildman–Crippen LogP) is 2.40. The Kier molecular flexibility index (Phi) is 2.25. The summed E-state index contributed by atoms with van der Waals surface area (Å²) < 4.78 is 12.9. The highest BCUT2D eigenvalue weighted by Crippen LogP contribution is 2.20. The number of hydrogen-bond acceptors (Lipinski definition) is 1. The molecule has 1 aromatic heterocycles. The molecule has 2 rings (SSSR count). The molecule has 0 saturated carbocycles. The largest absolute Gasteiger partial charge is 0.478 e. The molecular formula is C11H8FNO2. The van der Waals surface area contributed by atoms with Gasteiger partial charge >= 0.3 is 5.97 Å². The van der Waals surface area contributed by atoms with E-state index in [9.17, 15) is 9.18 Å². The summed E-state index contributed by atoms with van der Waals surface area (Å²) in [5.74, 6) is -1.37. The predicted molar refractivity (Wildman–Crippen MR) is 54.9 cm³/mol. The second-order valence-electron chi connectivity index (χ2n) is 3.11. The highest BCUT2D eigenvalue weighted by Gasteiger charge is 2.02. The molecule has 3 nitrogen and oxygen atoms in total. The van der Waals surface area contributed by atoms with Gasteiger partial charge in [-0.25, -0.2) is 9.18 Å². The number of benzene rings is 1. The van der Waals surface area contributed by atoms with Crippen molar-refractivity contribution in [2.75, 3.05) is 0 Å². The summed E-state index contributed by atoms with van der Waals surface area (Å²) in [7, 11) is 0. The molecule has 0 aliphatic rings. The SMILES string of the molecule is O=C(O)C=Cc1c[nH]c2ccc(F)cc12. The second-order valence-corrected chi connectivity index (χ2v) is 3.11. The van der Waals surface area contributed by atoms with Gasteiger partial charge in [0.25, 0.3) is 0 Å². The van der Waals surface area contributed by atoms with Crippen molar-refractivity contribution in [3.05, 3.63) is 41.9 Å². The van der Waals surface area contributed by atoms with Crippen LogP contribution in [-0.4, -0.2) is 16.1 Å². The van der Waals surface area contributed by atoms with Gasteiger partial charge in [-0.15, -0.1) is 0 Å². The van der Waals surface area contributed by atoms with E-state index in [2.05, 4.69) is 4.98 Å². The fraction of sp³-hybridized carbons (Fsp3) is 0. The molecule has 0 fully saturated rings. The van der Waals surface area contributed by atoms with E-state index in [-0.39, 0.29) is 5.82 Å². The van der Waals surface area contributed by atoms with Gasteiger partial charge in [0, 0.05) is 28.7 Å². The number of aromatic nitrogens is 1. The Morgan fingerprint density at radius 2 is 2.27 bits per heavy atom. The molecule has 0 aliphatic carbocycles. The van der Waals surface area contributed by atoms with Crippen LogP contribution in [0.2, 0.25) is 0 Å². The Morgan fingerprint density at radius 1 is 1.47 bits per heavy atom. The Balaban J connectivity index is 2.52. The number of aromatic amines is 1. The van der Waals surface area contributed by atoms with E-state index < -0.39 is 5.97 Å². The minimum atomic E-state index is -1.03. The van der Waals surface area contributed by atoms with Crippen LogP contribution >= 0.6 is 0 Å². The van der Waals surface area contributed by atoms with Gasteiger partial charge < -0.3 is 10.1 Å². The Hall–Kier alpha value is -2.10. The fourth-order valence-electron chi connectivity index (χ4n) is 1.41. The van der Waals surface area contributed by atoms with Crippen LogP contribution in [0.25, 0.3) is 17.0 Å². The van der Waals surface area contributed by atoms with E-state index >= 15 is 0 Å². The van der Waals surface area contributed by atoms with Crippen molar-refractivity contribution in [2.24, 2.45) is 0 Å². The molecule has 1 heterocycles. The lowest BCUT2D eigenvalue weighted by molar-refractivity contribution is -0.131. The summed E-state index contributed by atoms with van der Waals surface area (Å²) in [4.78, 5) is 13.3. The van der Waals surface area contributed by atoms with Crippen molar-refractivity contribution in [3.63, 3.8) is 0 Å². The Labute approximate surface area is 84.8 Å². The number of hydrogen-bond donors (Lipinski definition) is 2. The van der Waals surface area contributed by atoms with Crippen LogP contribution in [-0.2, 0) is 4.79 Å². The molecule has 0 unspecified atom stereocenters. The number of carboxylic acids is 1. The van der Waals surface area contributed by atoms with Gasteiger partial charge in [0.05, 0.1) is 0 Å². The quantitative estimate of drug-likeness (QED) is 0.739. The third-order valence-electron chi connectivity index (χ3n) is 2.08. The first kappa shape index (κ1) is 9.45. The summed E-state index contributed by atoms with van der Waals surface area (Å²) in [6.45, 7) is 0. The maximum Gasteiger partial charge on any atom is 0.328 e. The number of carbonyl (C=O) groups is 1. The number of aliphatic carboxylic acids is 1. The van der Waals surface area contributed by atoms with E-state index in [4.69, 9.17) is 5.11 Å². The zero-order valence-corrected chi connectivity index (χ0v) is 7.70. The first-order chi connectivity index (χ1) is 7.16. The molecule has 0 amide bonds. The minimum absolute atomic E-state index is 0.341. The van der Waals surface area contributed by atoms with Crippen LogP contribution in [0.3, 0.4) is 0 Å². The molecule has 0 spiro atoms. The molecular weight excluding hydrogens is 197 g/mol. The molecule has 0 bridgehead atoms. The molecule has 0 radical (unpaired) electrons. The zero-order chi connectivity index (χ0) is 10.8. The van der Waals surface area contributed by atoms with Crippen molar-refractivity contribution in [1.29, 1.82) is 0 Å². The highest BCUT2D eigenvalue weighted by molar-refractivity contribution is 5.93. The van der Waals surface area contributed by atoms with Crippen LogP contribution < -0.4 is 0 Å². The van der Waals surface area contributed by atoms with Gasteiger partial charge in [0.2, 0.25) is 0 Å². The third kappa shape index (κ3) is 1.88. The molecule has 0 saturated heterocycles. The first-order valence-corrected chi connectivity index (χ1v) is 4.34. The lowest BCUT2D eigenvalue weighted by atomic mass is 10.1. The van der Waals surface area contributed by atoms with Crippen LogP contribution in [0.1, 0.15) is 5.56 Å². The molecule has 1 aromatic carbocycles. The number of fused-ring (bicyclic) bond motifs is 1. The summed E-state index contributed by atoms with van der Waals surface area (Å²) >= 11 is 0. The number of rotatable bonds is 2. The lowest BCUT2D eigenvalue weighted by Gasteiger charge is -1.91. The summed E-state index contributed by atoms with van der Waals surface area (Å²) in [5.41, 5.74) is 1.44. The van der Waals surface area contributed by atoms with Crippen molar-refractivity contribution in [2.45, 2.75) is 0 Å². The van der Waals surface area contributed by atoms with E-state index in [1.165, 1.54) is 18.2 Å². The van der Waals surface area contributed by atoms with Crippen molar-refractivity contribution in [1.82, 2.24) is 4.98 Å². The third-order valence-corrected chi connectivity index (χ3v) is 2.08. The lowest BCUT2D eigenvalue weighted by Crippen LogP contribution is -1.85. The number of H-pyrrole nitrogens is 1. The first-order valence-electron chi connectivity index (χ1n) is 4.34. The maximum atomic E-state index is 12.9. The van der Waals surface area contributed by atoms with Gasteiger partial charge in [-0.3, -0.25) is 0 Å². The Morgan fingerprint density at radius 3 is 3.00 bits per heavy atom. The molecule has 15 heavy (non-hydrogen) atoms. The van der Waals surface area contributed by atoms with Gasteiger partial charge in [0.15, 0.2) is 0 Å². The van der Waals surface area contributed by atoms with Crippen LogP contribution in [0, 0.1) is 5.82 Å².